The second kappa shape index (κ2) is 10.9. The van der Waals surface area contributed by atoms with Gasteiger partial charge in [0.25, 0.3) is 5.56 Å². The van der Waals surface area contributed by atoms with E-state index < -0.39 is 49.5 Å². The molecule has 198 valence electrons. The summed E-state index contributed by atoms with van der Waals surface area (Å²) >= 11 is -1.47. The van der Waals surface area contributed by atoms with E-state index in [4.69, 9.17) is 5.14 Å². The summed E-state index contributed by atoms with van der Waals surface area (Å²) in [5.41, 5.74) is 1.77. The van der Waals surface area contributed by atoms with Crippen molar-refractivity contribution in [2.75, 3.05) is 0 Å². The second-order valence-electron chi connectivity index (χ2n) is 9.84. The molecule has 1 heterocycles. The Morgan fingerprint density at radius 3 is 2.32 bits per heavy atom. The fourth-order valence-corrected chi connectivity index (χ4v) is 5.17. The summed E-state index contributed by atoms with van der Waals surface area (Å²) in [4.78, 5) is 26.1. The maximum absolute atomic E-state index is 13.5. The normalized spacial score (nSPS) is 13.8. The van der Waals surface area contributed by atoms with Gasteiger partial charge in [0.05, 0.1) is 11.8 Å². The predicted octanol–water partition coefficient (Wildman–Crippen LogP) is 3.32. The van der Waals surface area contributed by atoms with Gasteiger partial charge in [0, 0.05) is 47.4 Å². The molecule has 0 bridgehead atoms. The monoisotopic (exact) mass is 547 g/mol. The molecular weight excluding hydrogens is 517 g/mol. The molecule has 37 heavy (non-hydrogen) atoms. The van der Waals surface area contributed by atoms with Crippen molar-refractivity contribution in [3.05, 3.63) is 93.2 Å². The van der Waals surface area contributed by atoms with E-state index in [0.29, 0.717) is 22.3 Å². The highest BCUT2D eigenvalue weighted by Gasteiger charge is 2.30. The van der Waals surface area contributed by atoms with E-state index >= 15 is 0 Å². The molecule has 0 amide bonds. The number of ketones is 1. The van der Waals surface area contributed by atoms with Crippen LogP contribution in [0.15, 0.2) is 59.5 Å². The number of hydrogen-bond acceptors (Lipinski definition) is 6. The molecule has 1 aromatic heterocycles. The largest absolute Gasteiger partial charge is 0.598 e. The van der Waals surface area contributed by atoms with Crippen LogP contribution in [0.25, 0.3) is 11.1 Å². The molecule has 0 saturated heterocycles. The number of aromatic nitrogens is 1. The molecule has 8 nitrogen and oxygen atoms in total. The molecule has 0 saturated carbocycles. The third-order valence-corrected chi connectivity index (χ3v) is 8.08. The SMILES string of the molecule is C[C@H](N[S@@+]([O-])C(C)(C)C)c1cc(=O)n(C)cc1-c1cc(CS(N)(=O)=O)ccc1C(=O)c1ccc(F)cc1. The number of hydrogen-bond donors (Lipinski definition) is 2. The summed E-state index contributed by atoms with van der Waals surface area (Å²) in [7, 11) is -2.32. The Hall–Kier alpha value is -2.83. The Labute approximate surface area is 219 Å². The lowest BCUT2D eigenvalue weighted by Gasteiger charge is -2.27. The molecule has 11 heteroatoms. The van der Waals surface area contributed by atoms with Gasteiger partial charge in [-0.15, -0.1) is 4.72 Å². The Kier molecular flexibility index (Phi) is 8.45. The number of carbonyl (C=O) groups excluding carboxylic acids is 1. The van der Waals surface area contributed by atoms with Gasteiger partial charge in [-0.2, -0.15) is 0 Å². The Bertz CT molecular complexity index is 1480. The van der Waals surface area contributed by atoms with Gasteiger partial charge in [-0.25, -0.2) is 17.9 Å². The van der Waals surface area contributed by atoms with Crippen molar-refractivity contribution < 1.29 is 22.2 Å². The van der Waals surface area contributed by atoms with Crippen molar-refractivity contribution in [3.63, 3.8) is 0 Å². The second-order valence-corrected chi connectivity index (χ2v) is 13.4. The van der Waals surface area contributed by atoms with Gasteiger partial charge in [-0.05, 0) is 74.7 Å². The number of carbonyl (C=O) groups is 1. The molecule has 0 aliphatic carbocycles. The van der Waals surface area contributed by atoms with Crippen LogP contribution in [0.3, 0.4) is 0 Å². The van der Waals surface area contributed by atoms with Crippen LogP contribution in [0.5, 0.6) is 0 Å². The molecule has 0 radical (unpaired) electrons. The summed E-state index contributed by atoms with van der Waals surface area (Å²) in [6.45, 7) is 7.18. The quantitative estimate of drug-likeness (QED) is 0.328. The number of nitrogens with one attached hydrogen (secondary N) is 1. The summed E-state index contributed by atoms with van der Waals surface area (Å²) in [5.74, 6) is -1.38. The number of sulfonamides is 1. The van der Waals surface area contributed by atoms with Crippen LogP contribution in [0.4, 0.5) is 4.39 Å². The van der Waals surface area contributed by atoms with E-state index in [-0.39, 0.29) is 16.7 Å². The molecular formula is C26H30FN3O5S2. The summed E-state index contributed by atoms with van der Waals surface area (Å²) in [5, 5.41) is 5.26. The zero-order valence-electron chi connectivity index (χ0n) is 21.2. The smallest absolute Gasteiger partial charge is 0.250 e. The first-order chi connectivity index (χ1) is 17.1. The van der Waals surface area contributed by atoms with E-state index in [0.717, 1.165) is 0 Å². The van der Waals surface area contributed by atoms with Crippen LogP contribution in [0, 0.1) is 5.82 Å². The average Bonchev–Trinajstić information content (AvgIpc) is 2.78. The van der Waals surface area contributed by atoms with Crippen LogP contribution in [0.2, 0.25) is 0 Å². The minimum atomic E-state index is -3.87. The third kappa shape index (κ3) is 7.14. The first-order valence-electron chi connectivity index (χ1n) is 11.4. The van der Waals surface area contributed by atoms with Crippen molar-refractivity contribution in [1.82, 2.24) is 9.29 Å². The van der Waals surface area contributed by atoms with Crippen LogP contribution in [-0.2, 0) is 34.2 Å². The van der Waals surface area contributed by atoms with Crippen LogP contribution >= 0.6 is 0 Å². The molecule has 3 aromatic rings. The highest BCUT2D eigenvalue weighted by atomic mass is 32.2. The minimum absolute atomic E-state index is 0.217. The highest BCUT2D eigenvalue weighted by Crippen LogP contribution is 2.33. The average molecular weight is 548 g/mol. The molecule has 0 aliphatic rings. The molecule has 2 aromatic carbocycles. The van der Waals surface area contributed by atoms with Crippen molar-refractivity contribution in [2.24, 2.45) is 12.2 Å². The van der Waals surface area contributed by atoms with Gasteiger partial charge in [-0.3, -0.25) is 9.59 Å². The van der Waals surface area contributed by atoms with Gasteiger partial charge in [0.1, 0.15) is 10.6 Å². The van der Waals surface area contributed by atoms with Gasteiger partial charge in [-0.1, -0.05) is 12.1 Å². The molecule has 0 fully saturated rings. The maximum Gasteiger partial charge on any atom is 0.250 e. The van der Waals surface area contributed by atoms with Crippen LogP contribution < -0.4 is 15.4 Å². The van der Waals surface area contributed by atoms with Crippen molar-refractivity contribution >= 4 is 27.2 Å². The number of primary sulfonamides is 1. The Morgan fingerprint density at radius 2 is 1.76 bits per heavy atom. The lowest BCUT2D eigenvalue weighted by molar-refractivity contribution is 0.103. The van der Waals surface area contributed by atoms with E-state index in [1.54, 1.807) is 20.2 Å². The molecule has 3 N–H and O–H groups in total. The van der Waals surface area contributed by atoms with Crippen molar-refractivity contribution in [3.8, 4) is 11.1 Å². The molecule has 0 aliphatic heterocycles. The fraction of sp³-hybridized carbons (Fsp3) is 0.308. The third-order valence-electron chi connectivity index (χ3n) is 5.66. The number of nitrogens with two attached hydrogens (primary N) is 1. The minimum Gasteiger partial charge on any atom is -0.598 e. The van der Waals surface area contributed by atoms with Crippen LogP contribution in [0.1, 0.15) is 60.8 Å². The predicted molar refractivity (Wildman–Crippen MR) is 143 cm³/mol. The van der Waals surface area contributed by atoms with Crippen LogP contribution in [-0.4, -0.2) is 28.1 Å². The highest BCUT2D eigenvalue weighted by molar-refractivity contribution is 7.90. The number of aryl methyl sites for hydroxylation is 1. The zero-order valence-corrected chi connectivity index (χ0v) is 22.9. The van der Waals surface area contributed by atoms with E-state index in [1.807, 2.05) is 20.8 Å². The topological polar surface area (TPSA) is 134 Å². The lowest BCUT2D eigenvalue weighted by atomic mass is 9.89. The molecule has 3 rings (SSSR count). The van der Waals surface area contributed by atoms with E-state index in [2.05, 4.69) is 4.72 Å². The van der Waals surface area contributed by atoms with Crippen molar-refractivity contribution in [2.45, 2.75) is 44.2 Å². The van der Waals surface area contributed by atoms with E-state index in [9.17, 15) is 27.0 Å². The van der Waals surface area contributed by atoms with Gasteiger partial charge >= 0.3 is 0 Å². The Morgan fingerprint density at radius 1 is 1.14 bits per heavy atom. The molecule has 2 atom stereocenters. The first-order valence-corrected chi connectivity index (χ1v) is 14.3. The van der Waals surface area contributed by atoms with Crippen molar-refractivity contribution in [1.29, 1.82) is 0 Å². The summed E-state index contributed by atoms with van der Waals surface area (Å²) in [6, 6.07) is 10.4. The fourth-order valence-electron chi connectivity index (χ4n) is 3.72. The Balaban J connectivity index is 2.26. The summed E-state index contributed by atoms with van der Waals surface area (Å²) < 4.78 is 53.6. The standard InChI is InChI=1S/C26H30FN3O5S2/c1-16(29-36(33)26(2,3)4)21-13-24(31)30(5)14-23(21)22-12-17(15-37(28,34)35)6-11-20(22)25(32)18-7-9-19(27)10-8-18/h6-14,16,29H,15H2,1-5H3,(H2,28,34,35)/t16-,36-/m0/s1. The van der Waals surface area contributed by atoms with Gasteiger partial charge in [0.15, 0.2) is 5.78 Å². The number of pyridine rings is 1. The molecule has 0 unspecified atom stereocenters. The van der Waals surface area contributed by atoms with E-state index in [1.165, 1.54) is 53.1 Å². The molecule has 0 spiro atoms. The lowest BCUT2D eigenvalue weighted by Crippen LogP contribution is -2.41. The zero-order chi connectivity index (χ0) is 27.7. The number of halogens is 1. The van der Waals surface area contributed by atoms with Gasteiger partial charge in [0.2, 0.25) is 10.0 Å². The number of rotatable bonds is 8. The first kappa shape index (κ1) is 28.7. The number of nitrogens with zero attached hydrogens (tertiary/aromatic N) is 1. The van der Waals surface area contributed by atoms with Gasteiger partial charge < -0.3 is 9.12 Å². The maximum atomic E-state index is 13.5. The summed E-state index contributed by atoms with van der Waals surface area (Å²) in [6.07, 6.45) is 1.55. The number of benzene rings is 2.